The van der Waals surface area contributed by atoms with E-state index in [0.29, 0.717) is 23.6 Å². The molecule has 26 heavy (non-hydrogen) atoms. The number of aliphatic hydroxyl groups is 1. The second-order valence-electron chi connectivity index (χ2n) is 6.92. The van der Waals surface area contributed by atoms with Crippen molar-refractivity contribution in [3.8, 4) is 0 Å². The summed E-state index contributed by atoms with van der Waals surface area (Å²) in [5, 5.41) is 14.4. The van der Waals surface area contributed by atoms with Crippen molar-refractivity contribution in [1.29, 1.82) is 0 Å². The highest BCUT2D eigenvalue weighted by Gasteiger charge is 2.39. The van der Waals surface area contributed by atoms with Crippen LogP contribution < -0.4 is 5.32 Å². The average molecular weight is 375 g/mol. The third-order valence-electron chi connectivity index (χ3n) is 4.99. The van der Waals surface area contributed by atoms with E-state index in [0.717, 1.165) is 25.9 Å². The Morgan fingerprint density at radius 1 is 1.12 bits per heavy atom. The molecule has 1 heterocycles. The number of halogens is 1. The molecule has 2 N–H and O–H groups in total. The third kappa shape index (κ3) is 4.44. The van der Waals surface area contributed by atoms with Crippen molar-refractivity contribution < 1.29 is 9.90 Å². The molecule has 1 fully saturated rings. The van der Waals surface area contributed by atoms with Gasteiger partial charge >= 0.3 is 0 Å². The number of piperidine rings is 1. The summed E-state index contributed by atoms with van der Waals surface area (Å²) >= 11 is 0. The fourth-order valence-corrected chi connectivity index (χ4v) is 3.59. The summed E-state index contributed by atoms with van der Waals surface area (Å²) in [6.45, 7) is 2.68. The smallest absolute Gasteiger partial charge is 0.261 e. The molecule has 1 aliphatic rings. The van der Waals surface area contributed by atoms with Crippen LogP contribution in [0.25, 0.3) is 0 Å². The van der Waals surface area contributed by atoms with E-state index in [1.165, 1.54) is 0 Å². The van der Waals surface area contributed by atoms with Crippen LogP contribution in [0.3, 0.4) is 0 Å². The summed E-state index contributed by atoms with van der Waals surface area (Å²) in [4.78, 5) is 15.3. The fraction of sp³-hybridized carbons (Fsp3) is 0.381. The number of hydrogen-bond acceptors (Lipinski definition) is 3. The Morgan fingerprint density at radius 2 is 1.65 bits per heavy atom. The molecule has 0 radical (unpaired) electrons. The molecule has 1 saturated heterocycles. The molecule has 140 valence electrons. The summed E-state index contributed by atoms with van der Waals surface area (Å²) in [7, 11) is 2.11. The molecule has 2 aromatic rings. The van der Waals surface area contributed by atoms with Gasteiger partial charge < -0.3 is 15.3 Å². The van der Waals surface area contributed by atoms with Crippen LogP contribution in [0.4, 0.5) is 0 Å². The lowest BCUT2D eigenvalue weighted by Crippen LogP contribution is -2.48. The monoisotopic (exact) mass is 374 g/mol. The molecule has 1 atom stereocenters. The van der Waals surface area contributed by atoms with Crippen molar-refractivity contribution in [3.05, 3.63) is 71.8 Å². The van der Waals surface area contributed by atoms with Crippen molar-refractivity contribution in [2.24, 2.45) is 5.92 Å². The van der Waals surface area contributed by atoms with E-state index in [1.807, 2.05) is 36.4 Å². The zero-order valence-electron chi connectivity index (χ0n) is 15.1. The molecule has 0 spiro atoms. The number of rotatable bonds is 5. The van der Waals surface area contributed by atoms with Gasteiger partial charge in [0.2, 0.25) is 0 Å². The van der Waals surface area contributed by atoms with Crippen LogP contribution in [0.5, 0.6) is 0 Å². The van der Waals surface area contributed by atoms with E-state index in [-0.39, 0.29) is 18.3 Å². The van der Waals surface area contributed by atoms with Gasteiger partial charge in [-0.3, -0.25) is 4.79 Å². The van der Waals surface area contributed by atoms with Gasteiger partial charge in [0.15, 0.2) is 5.60 Å². The molecule has 1 aliphatic heterocycles. The molecule has 0 bridgehead atoms. The topological polar surface area (TPSA) is 52.6 Å². The quantitative estimate of drug-likeness (QED) is 0.846. The van der Waals surface area contributed by atoms with Gasteiger partial charge in [0, 0.05) is 13.1 Å². The second-order valence-corrected chi connectivity index (χ2v) is 6.92. The first-order valence-corrected chi connectivity index (χ1v) is 8.91. The Labute approximate surface area is 161 Å². The standard InChI is InChI=1S/C21H26N2O2.ClH/c1-23-14-8-9-17(16-23)15-22-20(24)21(25,18-10-4-2-5-11-18)19-12-6-3-7-13-19;/h2-7,10-13,17,25H,8-9,14-16H2,1H3,(H,22,24);1H. The number of amides is 1. The van der Waals surface area contributed by atoms with Gasteiger partial charge in [0.05, 0.1) is 0 Å². The Bertz CT molecular complexity index is 654. The lowest BCUT2D eigenvalue weighted by molar-refractivity contribution is -0.137. The first-order chi connectivity index (χ1) is 12.1. The van der Waals surface area contributed by atoms with Gasteiger partial charge in [0.1, 0.15) is 0 Å². The van der Waals surface area contributed by atoms with Crippen molar-refractivity contribution in [1.82, 2.24) is 10.2 Å². The zero-order valence-corrected chi connectivity index (χ0v) is 15.9. The van der Waals surface area contributed by atoms with Gasteiger partial charge in [-0.2, -0.15) is 0 Å². The first-order valence-electron chi connectivity index (χ1n) is 8.91. The zero-order chi connectivity index (χ0) is 17.7. The minimum atomic E-state index is -1.68. The minimum absolute atomic E-state index is 0. The molecule has 1 unspecified atom stereocenters. The SMILES string of the molecule is CN1CCCC(CNC(=O)C(O)(c2ccccc2)c2ccccc2)C1.Cl. The van der Waals surface area contributed by atoms with Crippen LogP contribution in [-0.4, -0.2) is 42.6 Å². The maximum absolute atomic E-state index is 13.0. The number of hydrogen-bond donors (Lipinski definition) is 2. The Morgan fingerprint density at radius 3 is 2.15 bits per heavy atom. The van der Waals surface area contributed by atoms with Crippen molar-refractivity contribution in [3.63, 3.8) is 0 Å². The molecule has 0 aromatic heterocycles. The highest BCUT2D eigenvalue weighted by atomic mass is 35.5. The predicted octanol–water partition coefficient (Wildman–Crippen LogP) is 2.80. The number of nitrogens with zero attached hydrogens (tertiary/aromatic N) is 1. The molecule has 3 rings (SSSR count). The maximum atomic E-state index is 13.0. The summed E-state index contributed by atoms with van der Waals surface area (Å²) in [6, 6.07) is 18.3. The molecule has 4 nitrogen and oxygen atoms in total. The van der Waals surface area contributed by atoms with E-state index in [9.17, 15) is 9.90 Å². The number of carbonyl (C=O) groups is 1. The highest BCUT2D eigenvalue weighted by molar-refractivity contribution is 5.90. The Hall–Kier alpha value is -1.88. The van der Waals surface area contributed by atoms with Gasteiger partial charge in [0.25, 0.3) is 5.91 Å². The number of carbonyl (C=O) groups excluding carboxylic acids is 1. The third-order valence-corrected chi connectivity index (χ3v) is 4.99. The van der Waals surface area contributed by atoms with Crippen LogP contribution >= 0.6 is 12.4 Å². The van der Waals surface area contributed by atoms with E-state index >= 15 is 0 Å². The van der Waals surface area contributed by atoms with Gasteiger partial charge in [-0.25, -0.2) is 0 Å². The van der Waals surface area contributed by atoms with Crippen molar-refractivity contribution in [2.45, 2.75) is 18.4 Å². The molecular formula is C21H27ClN2O2. The number of benzene rings is 2. The Kier molecular flexibility index (Phi) is 7.21. The average Bonchev–Trinajstić information content (AvgIpc) is 2.67. The summed E-state index contributed by atoms with van der Waals surface area (Å²) < 4.78 is 0. The summed E-state index contributed by atoms with van der Waals surface area (Å²) in [5.41, 5.74) is -0.512. The molecule has 2 aromatic carbocycles. The van der Waals surface area contributed by atoms with Crippen LogP contribution in [0, 0.1) is 5.92 Å². The lowest BCUT2D eigenvalue weighted by atomic mass is 9.85. The van der Waals surface area contributed by atoms with E-state index < -0.39 is 5.60 Å². The maximum Gasteiger partial charge on any atom is 0.261 e. The summed E-state index contributed by atoms with van der Waals surface area (Å²) in [5.74, 6) is 0.0663. The van der Waals surface area contributed by atoms with Crippen molar-refractivity contribution >= 4 is 18.3 Å². The number of nitrogens with one attached hydrogen (secondary N) is 1. The van der Waals surface area contributed by atoms with E-state index in [2.05, 4.69) is 17.3 Å². The van der Waals surface area contributed by atoms with Crippen LogP contribution in [0.2, 0.25) is 0 Å². The van der Waals surface area contributed by atoms with Crippen molar-refractivity contribution in [2.75, 3.05) is 26.7 Å². The van der Waals surface area contributed by atoms with Crippen LogP contribution in [0.15, 0.2) is 60.7 Å². The molecule has 0 saturated carbocycles. The fourth-order valence-electron chi connectivity index (χ4n) is 3.59. The van der Waals surface area contributed by atoms with E-state index in [1.54, 1.807) is 24.3 Å². The Balaban J connectivity index is 0.00000243. The lowest BCUT2D eigenvalue weighted by Gasteiger charge is -2.32. The van der Waals surface area contributed by atoms with E-state index in [4.69, 9.17) is 0 Å². The van der Waals surface area contributed by atoms with Gasteiger partial charge in [-0.1, -0.05) is 60.7 Å². The first kappa shape index (κ1) is 20.4. The number of likely N-dealkylation sites (tertiary alicyclic amines) is 1. The molecule has 5 heteroatoms. The minimum Gasteiger partial charge on any atom is -0.372 e. The van der Waals surface area contributed by atoms with Gasteiger partial charge in [-0.05, 0) is 43.5 Å². The summed E-state index contributed by atoms with van der Waals surface area (Å²) in [6.07, 6.45) is 2.26. The predicted molar refractivity (Wildman–Crippen MR) is 106 cm³/mol. The van der Waals surface area contributed by atoms with Gasteiger partial charge in [-0.15, -0.1) is 12.4 Å². The molecule has 1 amide bonds. The largest absolute Gasteiger partial charge is 0.372 e. The molecular weight excluding hydrogens is 348 g/mol. The van der Waals surface area contributed by atoms with Crippen LogP contribution in [-0.2, 0) is 10.4 Å². The normalized spacial score (nSPS) is 18.0. The highest BCUT2D eigenvalue weighted by Crippen LogP contribution is 2.30. The van der Waals surface area contributed by atoms with Crippen LogP contribution in [0.1, 0.15) is 24.0 Å². The second kappa shape index (κ2) is 9.17. The molecule has 0 aliphatic carbocycles.